The molecule has 1 aliphatic rings. The van der Waals surface area contributed by atoms with Gasteiger partial charge >= 0.3 is 6.18 Å². The molecule has 0 aromatic heterocycles. The van der Waals surface area contributed by atoms with Crippen LogP contribution >= 0.6 is 15.9 Å². The molecule has 2 rings (SSSR count). The highest BCUT2D eigenvalue weighted by Crippen LogP contribution is 2.47. The Hall–Kier alpha value is -0.333. The fourth-order valence-electron chi connectivity index (χ4n) is 2.50. The lowest BCUT2D eigenvalue weighted by molar-refractivity contribution is -0.138. The highest BCUT2D eigenvalue weighted by atomic mass is 79.9. The van der Waals surface area contributed by atoms with Crippen LogP contribution in [0.15, 0.2) is 16.6 Å². The van der Waals surface area contributed by atoms with Gasteiger partial charge in [0.1, 0.15) is 0 Å². The maximum absolute atomic E-state index is 13.0. The summed E-state index contributed by atoms with van der Waals surface area (Å²) in [5.74, 6) is 0. The average molecular weight is 395 g/mol. The highest BCUT2D eigenvalue weighted by molar-refractivity contribution is 9.10. The molecule has 0 heterocycles. The van der Waals surface area contributed by atoms with Gasteiger partial charge in [-0.25, -0.2) is 0 Å². The quantitative estimate of drug-likeness (QED) is 0.521. The van der Waals surface area contributed by atoms with Crippen molar-refractivity contribution in [3.63, 3.8) is 0 Å². The molecule has 0 amide bonds. The maximum Gasteiger partial charge on any atom is 0.417 e. The summed E-state index contributed by atoms with van der Waals surface area (Å²) in [6.45, 7) is 10.8. The Balaban J connectivity index is 2.34. The molecular weight excluding hydrogens is 373 g/mol. The number of hydrogen-bond acceptors (Lipinski definition) is 1. The van der Waals surface area contributed by atoms with Crippen molar-refractivity contribution in [3.05, 3.63) is 33.3 Å². The molecule has 0 N–H and O–H groups in total. The van der Waals surface area contributed by atoms with Crippen LogP contribution in [0.2, 0.25) is 18.1 Å². The minimum absolute atomic E-state index is 0.0822. The van der Waals surface area contributed by atoms with E-state index in [9.17, 15) is 13.2 Å². The van der Waals surface area contributed by atoms with Gasteiger partial charge in [0.25, 0.3) is 0 Å². The fourth-order valence-corrected chi connectivity index (χ4v) is 4.59. The largest absolute Gasteiger partial charge is 0.417 e. The lowest BCUT2D eigenvalue weighted by Crippen LogP contribution is -2.41. The van der Waals surface area contributed by atoms with Crippen molar-refractivity contribution >= 4 is 24.2 Å². The van der Waals surface area contributed by atoms with E-state index in [4.69, 9.17) is 4.43 Å². The van der Waals surface area contributed by atoms with Gasteiger partial charge in [0.2, 0.25) is 0 Å². The lowest BCUT2D eigenvalue weighted by atomic mass is 10.1. The highest BCUT2D eigenvalue weighted by Gasteiger charge is 2.42. The Morgan fingerprint density at radius 2 is 1.77 bits per heavy atom. The molecule has 124 valence electrons. The van der Waals surface area contributed by atoms with E-state index < -0.39 is 20.1 Å². The van der Waals surface area contributed by atoms with Gasteiger partial charge in [0, 0.05) is 4.47 Å². The summed E-state index contributed by atoms with van der Waals surface area (Å²) < 4.78 is 45.5. The number of fused-ring (bicyclic) bond motifs is 1. The minimum atomic E-state index is -4.33. The van der Waals surface area contributed by atoms with Crippen molar-refractivity contribution in [2.24, 2.45) is 0 Å². The summed E-state index contributed by atoms with van der Waals surface area (Å²) >= 11 is 3.15. The van der Waals surface area contributed by atoms with Crippen LogP contribution < -0.4 is 0 Å². The molecule has 0 aliphatic heterocycles. The molecule has 0 saturated carbocycles. The van der Waals surface area contributed by atoms with Crippen molar-refractivity contribution in [2.45, 2.75) is 64.0 Å². The first kappa shape index (κ1) is 18.0. The van der Waals surface area contributed by atoms with Gasteiger partial charge in [-0.2, -0.15) is 13.2 Å². The SMILES string of the molecule is CC(C)(C)[Si](C)(C)O[C@H]1CCc2c1ccc(C(F)(F)F)c2Br. The molecule has 0 fully saturated rings. The third-order valence-corrected chi connectivity index (χ3v) is 10.2. The van der Waals surface area contributed by atoms with Crippen LogP contribution in [-0.2, 0) is 17.0 Å². The molecule has 1 aliphatic carbocycles. The number of rotatable bonds is 2. The van der Waals surface area contributed by atoms with Gasteiger partial charge in [-0.05, 0) is 64.1 Å². The smallest absolute Gasteiger partial charge is 0.410 e. The van der Waals surface area contributed by atoms with E-state index in [1.165, 1.54) is 0 Å². The molecule has 0 unspecified atom stereocenters. The van der Waals surface area contributed by atoms with Gasteiger partial charge in [0.15, 0.2) is 8.32 Å². The van der Waals surface area contributed by atoms with Crippen LogP contribution in [0.25, 0.3) is 0 Å². The van der Waals surface area contributed by atoms with Gasteiger partial charge in [-0.1, -0.05) is 26.8 Å². The zero-order chi connectivity index (χ0) is 16.9. The normalized spacial score (nSPS) is 19.4. The van der Waals surface area contributed by atoms with E-state index in [0.29, 0.717) is 6.42 Å². The first-order valence-electron chi connectivity index (χ1n) is 7.41. The molecule has 0 saturated heterocycles. The summed E-state index contributed by atoms with van der Waals surface area (Å²) in [7, 11) is -1.94. The molecular formula is C16H22BrF3OSi. The summed E-state index contributed by atoms with van der Waals surface area (Å²) in [5, 5.41) is 0.0822. The van der Waals surface area contributed by atoms with Crippen LogP contribution in [0.3, 0.4) is 0 Å². The van der Waals surface area contributed by atoms with E-state index in [1.54, 1.807) is 6.07 Å². The Labute approximate surface area is 139 Å². The molecule has 0 spiro atoms. The van der Waals surface area contributed by atoms with E-state index >= 15 is 0 Å². The second kappa shape index (κ2) is 5.63. The Bertz CT molecular complexity index is 576. The van der Waals surface area contributed by atoms with Crippen molar-refractivity contribution < 1.29 is 17.6 Å². The predicted molar refractivity (Wildman–Crippen MR) is 88.5 cm³/mol. The van der Waals surface area contributed by atoms with Crippen molar-refractivity contribution in [1.82, 2.24) is 0 Å². The predicted octanol–water partition coefficient (Wildman–Crippen LogP) is 6.48. The maximum atomic E-state index is 13.0. The van der Waals surface area contributed by atoms with E-state index in [-0.39, 0.29) is 15.6 Å². The number of alkyl halides is 3. The van der Waals surface area contributed by atoms with Gasteiger partial charge in [-0.3, -0.25) is 0 Å². The van der Waals surface area contributed by atoms with Gasteiger partial charge in [0.05, 0.1) is 11.7 Å². The van der Waals surface area contributed by atoms with Crippen LogP contribution in [0.1, 0.15) is 50.0 Å². The third-order valence-electron chi connectivity index (χ3n) is 4.83. The Morgan fingerprint density at radius 3 is 2.27 bits per heavy atom. The molecule has 1 nitrogen and oxygen atoms in total. The number of halogens is 4. The fraction of sp³-hybridized carbons (Fsp3) is 0.625. The lowest BCUT2D eigenvalue weighted by Gasteiger charge is -2.38. The van der Waals surface area contributed by atoms with Crippen molar-refractivity contribution in [2.75, 3.05) is 0 Å². The van der Waals surface area contributed by atoms with E-state index in [1.807, 2.05) is 0 Å². The summed E-state index contributed by atoms with van der Waals surface area (Å²) in [6.07, 6.45) is -3.04. The molecule has 0 bridgehead atoms. The molecule has 0 radical (unpaired) electrons. The Morgan fingerprint density at radius 1 is 1.18 bits per heavy atom. The van der Waals surface area contributed by atoms with E-state index in [2.05, 4.69) is 49.8 Å². The molecule has 22 heavy (non-hydrogen) atoms. The second-order valence-electron chi connectivity index (χ2n) is 7.40. The van der Waals surface area contributed by atoms with Crippen molar-refractivity contribution in [3.8, 4) is 0 Å². The molecule has 6 heteroatoms. The zero-order valence-electron chi connectivity index (χ0n) is 13.6. The van der Waals surface area contributed by atoms with Crippen LogP contribution in [-0.4, -0.2) is 8.32 Å². The first-order chi connectivity index (χ1) is 9.84. The van der Waals surface area contributed by atoms with Crippen LogP contribution in [0.5, 0.6) is 0 Å². The van der Waals surface area contributed by atoms with E-state index in [0.717, 1.165) is 23.6 Å². The minimum Gasteiger partial charge on any atom is -0.410 e. The zero-order valence-corrected chi connectivity index (χ0v) is 16.2. The van der Waals surface area contributed by atoms with Crippen LogP contribution in [0.4, 0.5) is 13.2 Å². The standard InChI is InChI=1S/C16H22BrF3OSi/c1-15(2,3)22(4,5)21-13-9-7-11-10(13)6-8-12(14(11)17)16(18,19)20/h6,8,13H,7,9H2,1-5H3/t13-/m0/s1. The van der Waals surface area contributed by atoms with Gasteiger partial charge in [-0.15, -0.1) is 0 Å². The monoisotopic (exact) mass is 394 g/mol. The summed E-state index contributed by atoms with van der Waals surface area (Å²) in [4.78, 5) is 0. The number of hydrogen-bond donors (Lipinski definition) is 0. The molecule has 1 atom stereocenters. The third kappa shape index (κ3) is 3.29. The van der Waals surface area contributed by atoms with Crippen LogP contribution in [0, 0.1) is 0 Å². The molecule has 1 aromatic rings. The van der Waals surface area contributed by atoms with Gasteiger partial charge < -0.3 is 4.43 Å². The average Bonchev–Trinajstić information content (AvgIpc) is 2.70. The first-order valence-corrected chi connectivity index (χ1v) is 11.1. The summed E-state index contributed by atoms with van der Waals surface area (Å²) in [6, 6.07) is 2.75. The topological polar surface area (TPSA) is 9.23 Å². The number of benzene rings is 1. The second-order valence-corrected chi connectivity index (χ2v) is 12.9. The van der Waals surface area contributed by atoms with Crippen molar-refractivity contribution in [1.29, 1.82) is 0 Å². The Kier molecular flexibility index (Phi) is 4.61. The summed E-state index contributed by atoms with van der Waals surface area (Å²) in [5.41, 5.74) is 1.06. The molecule has 1 aromatic carbocycles.